The summed E-state index contributed by atoms with van der Waals surface area (Å²) in [4.78, 5) is 11.4. The van der Waals surface area contributed by atoms with E-state index in [1.807, 2.05) is 6.92 Å². The molecule has 0 aliphatic heterocycles. The van der Waals surface area contributed by atoms with Crippen molar-refractivity contribution >= 4 is 23.4 Å². The molecule has 8 heteroatoms. The Hall–Kier alpha value is -2.48. The minimum atomic E-state index is -0.845. The fourth-order valence-electron chi connectivity index (χ4n) is 2.38. The maximum Gasteiger partial charge on any atom is 0.317 e. The molecule has 0 saturated heterocycles. The van der Waals surface area contributed by atoms with Gasteiger partial charge in [-0.15, -0.1) is 10.2 Å². The van der Waals surface area contributed by atoms with Gasteiger partial charge in [-0.05, 0) is 42.8 Å². The van der Waals surface area contributed by atoms with E-state index in [0.717, 1.165) is 12.8 Å². The number of hydrogen-bond acceptors (Lipinski definition) is 5. The summed E-state index contributed by atoms with van der Waals surface area (Å²) in [6.07, 6.45) is 2.37. The number of hydrogen-bond donors (Lipinski definition) is 1. The highest BCUT2D eigenvalue weighted by atomic mass is 32.2. The number of nitrogens with zero attached hydrogens (tertiary/aromatic N) is 4. The highest BCUT2D eigenvalue weighted by Gasteiger charge is 2.20. The van der Waals surface area contributed by atoms with E-state index in [1.54, 1.807) is 28.8 Å². The molecule has 3 aromatic rings. The lowest BCUT2D eigenvalue weighted by atomic mass is 10.2. The molecule has 3 rings (SSSR count). The summed E-state index contributed by atoms with van der Waals surface area (Å²) in [5, 5.41) is 22.0. The van der Waals surface area contributed by atoms with Crippen molar-refractivity contribution in [3.05, 3.63) is 42.2 Å². The van der Waals surface area contributed by atoms with E-state index in [0.29, 0.717) is 28.5 Å². The summed E-state index contributed by atoms with van der Waals surface area (Å²) in [7, 11) is 0. The van der Waals surface area contributed by atoms with Crippen molar-refractivity contribution < 1.29 is 14.3 Å². The lowest BCUT2D eigenvalue weighted by molar-refractivity contribution is -0.136. The van der Waals surface area contributed by atoms with Gasteiger partial charge in [0, 0.05) is 5.56 Å². The number of carboxylic acid groups (broad SMARTS) is 1. The van der Waals surface area contributed by atoms with Gasteiger partial charge in [-0.3, -0.25) is 4.79 Å². The Morgan fingerprint density at radius 1 is 1.24 bits per heavy atom. The van der Waals surface area contributed by atoms with Gasteiger partial charge in [-0.1, -0.05) is 31.5 Å². The zero-order valence-corrected chi connectivity index (χ0v) is 14.4. The number of carbonyl (C=O) groups is 1. The van der Waals surface area contributed by atoms with Crippen molar-refractivity contribution in [1.82, 2.24) is 19.8 Å². The van der Waals surface area contributed by atoms with Crippen LogP contribution in [0.5, 0.6) is 0 Å². The van der Waals surface area contributed by atoms with E-state index in [4.69, 9.17) is 0 Å². The minimum Gasteiger partial charge on any atom is -0.480 e. The average Bonchev–Trinajstić information content (AvgIpc) is 3.02. The molecule has 130 valence electrons. The maximum absolute atomic E-state index is 13.1. The molecule has 2 heterocycles. The van der Waals surface area contributed by atoms with Crippen molar-refractivity contribution in [2.24, 2.45) is 0 Å². The second kappa shape index (κ2) is 7.60. The second-order valence-corrected chi connectivity index (χ2v) is 6.78. The molecule has 6 nitrogen and oxygen atoms in total. The number of thioether (sulfide) groups is 1. The summed E-state index contributed by atoms with van der Waals surface area (Å²) < 4.78 is 14.7. The minimum absolute atomic E-state index is 0.331. The zero-order valence-electron chi connectivity index (χ0n) is 13.6. The Morgan fingerprint density at radius 3 is 2.68 bits per heavy atom. The van der Waals surface area contributed by atoms with Crippen molar-refractivity contribution in [2.45, 2.75) is 36.5 Å². The van der Waals surface area contributed by atoms with Crippen LogP contribution in [0.1, 0.15) is 26.2 Å². The summed E-state index contributed by atoms with van der Waals surface area (Å²) in [6.45, 7) is 2.03. The average molecular weight is 360 g/mol. The lowest BCUT2D eigenvalue weighted by Crippen LogP contribution is -2.16. The highest BCUT2D eigenvalue weighted by molar-refractivity contribution is 8.00. The van der Waals surface area contributed by atoms with Gasteiger partial charge in [-0.25, -0.2) is 4.39 Å². The van der Waals surface area contributed by atoms with Gasteiger partial charge in [0.1, 0.15) is 16.1 Å². The Balaban J connectivity index is 1.92. The van der Waals surface area contributed by atoms with Gasteiger partial charge in [0.15, 0.2) is 11.5 Å². The van der Waals surface area contributed by atoms with Gasteiger partial charge in [-0.2, -0.15) is 9.61 Å². The van der Waals surface area contributed by atoms with Crippen LogP contribution >= 0.6 is 11.8 Å². The molecule has 1 aromatic carbocycles. The molecular weight excluding hydrogens is 343 g/mol. The zero-order chi connectivity index (χ0) is 17.8. The molecule has 0 spiro atoms. The smallest absolute Gasteiger partial charge is 0.317 e. The Morgan fingerprint density at radius 2 is 2.00 bits per heavy atom. The first kappa shape index (κ1) is 17.3. The van der Waals surface area contributed by atoms with Crippen LogP contribution < -0.4 is 0 Å². The summed E-state index contributed by atoms with van der Waals surface area (Å²) in [5.74, 6) is -0.692. The van der Waals surface area contributed by atoms with E-state index < -0.39 is 11.2 Å². The normalized spacial score (nSPS) is 12.4. The number of benzene rings is 1. The molecule has 0 aliphatic rings. The SMILES string of the molecule is CCCCC(Sc1ccc2nnc(-c3ccc(F)cc3)n2n1)C(=O)O. The third-order valence-corrected chi connectivity index (χ3v) is 4.88. The first-order valence-corrected chi connectivity index (χ1v) is 8.84. The molecule has 2 aromatic heterocycles. The van der Waals surface area contributed by atoms with Crippen LogP contribution in [0.4, 0.5) is 4.39 Å². The third kappa shape index (κ3) is 3.96. The Labute approximate surface area is 148 Å². The van der Waals surface area contributed by atoms with Crippen LogP contribution in [0.3, 0.4) is 0 Å². The van der Waals surface area contributed by atoms with Crippen LogP contribution in [0, 0.1) is 5.82 Å². The fourth-order valence-corrected chi connectivity index (χ4v) is 3.33. The van der Waals surface area contributed by atoms with Gasteiger partial charge >= 0.3 is 5.97 Å². The van der Waals surface area contributed by atoms with E-state index in [-0.39, 0.29) is 5.82 Å². The second-order valence-electron chi connectivity index (χ2n) is 5.56. The predicted molar refractivity (Wildman–Crippen MR) is 93.0 cm³/mol. The van der Waals surface area contributed by atoms with Crippen molar-refractivity contribution in [1.29, 1.82) is 0 Å². The number of carboxylic acids is 1. The van der Waals surface area contributed by atoms with Gasteiger partial charge in [0.05, 0.1) is 0 Å². The van der Waals surface area contributed by atoms with Gasteiger partial charge < -0.3 is 5.11 Å². The molecule has 1 atom stereocenters. The van der Waals surface area contributed by atoms with E-state index in [9.17, 15) is 14.3 Å². The Kier molecular flexibility index (Phi) is 5.28. The monoisotopic (exact) mass is 360 g/mol. The highest BCUT2D eigenvalue weighted by Crippen LogP contribution is 2.26. The predicted octanol–water partition coefficient (Wildman–Crippen LogP) is 3.67. The quantitative estimate of drug-likeness (QED) is 0.648. The largest absolute Gasteiger partial charge is 0.480 e. The van der Waals surface area contributed by atoms with Crippen LogP contribution in [0.2, 0.25) is 0 Å². The molecule has 0 bridgehead atoms. The van der Waals surface area contributed by atoms with Crippen molar-refractivity contribution in [2.75, 3.05) is 0 Å². The first-order valence-electron chi connectivity index (χ1n) is 7.96. The van der Waals surface area contributed by atoms with Crippen LogP contribution in [0.15, 0.2) is 41.4 Å². The molecule has 0 fully saturated rings. The molecule has 0 aliphatic carbocycles. The number of rotatable bonds is 7. The molecular formula is C17H17FN4O2S. The number of aromatic nitrogens is 4. The fraction of sp³-hybridized carbons (Fsp3) is 0.294. The van der Waals surface area contributed by atoms with Crippen LogP contribution in [-0.2, 0) is 4.79 Å². The van der Waals surface area contributed by atoms with Gasteiger partial charge in [0.2, 0.25) is 0 Å². The summed E-state index contributed by atoms with van der Waals surface area (Å²) in [5.41, 5.74) is 1.23. The molecule has 0 amide bonds. The standard InChI is InChI=1S/C17H17FN4O2S/c1-2-3-4-13(17(23)24)25-15-10-9-14-19-20-16(22(14)21-15)11-5-7-12(18)8-6-11/h5-10,13H,2-4H2,1H3,(H,23,24). The van der Waals surface area contributed by atoms with Crippen LogP contribution in [-0.4, -0.2) is 36.1 Å². The van der Waals surface area contributed by atoms with Crippen molar-refractivity contribution in [3.8, 4) is 11.4 Å². The van der Waals surface area contributed by atoms with Gasteiger partial charge in [0.25, 0.3) is 0 Å². The topological polar surface area (TPSA) is 80.4 Å². The summed E-state index contributed by atoms with van der Waals surface area (Å²) in [6, 6.07) is 9.39. The number of aliphatic carboxylic acids is 1. The van der Waals surface area contributed by atoms with Crippen LogP contribution in [0.25, 0.3) is 17.0 Å². The first-order chi connectivity index (χ1) is 12.1. The molecule has 1 N–H and O–H groups in total. The Bertz CT molecular complexity index is 882. The number of fused-ring (bicyclic) bond motifs is 1. The van der Waals surface area contributed by atoms with Crippen molar-refractivity contribution in [3.63, 3.8) is 0 Å². The number of halogens is 1. The summed E-state index contributed by atoms with van der Waals surface area (Å²) >= 11 is 1.21. The third-order valence-electron chi connectivity index (χ3n) is 3.70. The molecule has 0 radical (unpaired) electrons. The molecule has 1 unspecified atom stereocenters. The van der Waals surface area contributed by atoms with E-state index >= 15 is 0 Å². The molecule has 25 heavy (non-hydrogen) atoms. The lowest BCUT2D eigenvalue weighted by Gasteiger charge is -2.10. The molecule has 0 saturated carbocycles. The van der Waals surface area contributed by atoms with E-state index in [1.165, 1.54) is 23.9 Å². The maximum atomic E-state index is 13.1. The van der Waals surface area contributed by atoms with E-state index in [2.05, 4.69) is 15.3 Å². The number of unbranched alkanes of at least 4 members (excludes halogenated alkanes) is 1.